The van der Waals surface area contributed by atoms with E-state index in [9.17, 15) is 17.6 Å². The van der Waals surface area contributed by atoms with Crippen molar-refractivity contribution in [2.45, 2.75) is 45.4 Å². The summed E-state index contributed by atoms with van der Waals surface area (Å²) >= 11 is 0. The summed E-state index contributed by atoms with van der Waals surface area (Å²) in [6, 6.07) is 4.78. The van der Waals surface area contributed by atoms with Crippen LogP contribution in [0.4, 0.5) is 17.6 Å². The molecule has 0 aromatic heterocycles. The third-order valence-electron chi connectivity index (χ3n) is 4.66. The standard InChI is InChI=1S/C21H20F4/c1-2-3-4-5-13-8-19(24)21(20(25)9-13)14-6-7-17-15(10-14)11-16(22)12-18(17)23/h8-12H,2-7H2,1H3. The molecule has 0 heterocycles. The third kappa shape index (κ3) is 3.78. The number of hydrogen-bond acceptors (Lipinski definition) is 0. The fraction of sp³-hybridized carbons (Fsp3) is 0.333. The monoisotopic (exact) mass is 348 g/mol. The van der Waals surface area contributed by atoms with Crippen LogP contribution in [0.5, 0.6) is 0 Å². The summed E-state index contributed by atoms with van der Waals surface area (Å²) in [5, 5.41) is 0. The molecule has 0 nitrogen and oxygen atoms in total. The SMILES string of the molecule is CCCCCc1cc(F)c(C2=Cc3cc(F)cc(F)c3CC2)c(F)c1. The summed E-state index contributed by atoms with van der Waals surface area (Å²) in [5.74, 6) is -2.53. The zero-order chi connectivity index (χ0) is 18.0. The summed E-state index contributed by atoms with van der Waals surface area (Å²) in [7, 11) is 0. The minimum Gasteiger partial charge on any atom is -0.207 e. The van der Waals surface area contributed by atoms with E-state index in [1.807, 2.05) is 0 Å². The highest BCUT2D eigenvalue weighted by atomic mass is 19.1. The molecule has 2 aromatic rings. The summed E-state index contributed by atoms with van der Waals surface area (Å²) in [5.41, 5.74) is 1.73. The highest BCUT2D eigenvalue weighted by Gasteiger charge is 2.21. The molecule has 4 heteroatoms. The number of aryl methyl sites for hydroxylation is 1. The molecular weight excluding hydrogens is 328 g/mol. The molecule has 0 amide bonds. The molecule has 2 aromatic carbocycles. The molecule has 0 spiro atoms. The predicted molar refractivity (Wildman–Crippen MR) is 92.1 cm³/mol. The van der Waals surface area contributed by atoms with E-state index < -0.39 is 23.3 Å². The van der Waals surface area contributed by atoms with E-state index in [2.05, 4.69) is 6.92 Å². The van der Waals surface area contributed by atoms with Crippen molar-refractivity contribution in [3.8, 4) is 0 Å². The number of fused-ring (bicyclic) bond motifs is 1. The van der Waals surface area contributed by atoms with E-state index in [4.69, 9.17) is 0 Å². The lowest BCUT2D eigenvalue weighted by Gasteiger charge is -2.19. The largest absolute Gasteiger partial charge is 0.207 e. The Hall–Kier alpha value is -2.10. The molecule has 1 aliphatic carbocycles. The third-order valence-corrected chi connectivity index (χ3v) is 4.66. The number of halogens is 4. The average molecular weight is 348 g/mol. The van der Waals surface area contributed by atoms with Crippen LogP contribution in [0.3, 0.4) is 0 Å². The van der Waals surface area contributed by atoms with E-state index in [0.29, 0.717) is 41.5 Å². The van der Waals surface area contributed by atoms with Crippen molar-refractivity contribution in [2.75, 3.05) is 0 Å². The first-order chi connectivity index (χ1) is 12.0. The van der Waals surface area contributed by atoms with Crippen LogP contribution in [-0.4, -0.2) is 0 Å². The van der Waals surface area contributed by atoms with E-state index in [-0.39, 0.29) is 5.56 Å². The van der Waals surface area contributed by atoms with Crippen molar-refractivity contribution in [1.82, 2.24) is 0 Å². The lowest BCUT2D eigenvalue weighted by molar-refractivity contribution is 0.566. The molecule has 0 saturated heterocycles. The predicted octanol–water partition coefficient (Wildman–Crippen LogP) is 6.46. The second-order valence-electron chi connectivity index (χ2n) is 6.52. The molecule has 0 radical (unpaired) electrons. The summed E-state index contributed by atoms with van der Waals surface area (Å²) < 4.78 is 56.3. The molecular formula is C21H20F4. The average Bonchev–Trinajstić information content (AvgIpc) is 2.54. The van der Waals surface area contributed by atoms with E-state index in [0.717, 1.165) is 25.3 Å². The number of allylic oxidation sites excluding steroid dienone is 1. The first-order valence-electron chi connectivity index (χ1n) is 8.66. The Kier molecular flexibility index (Phi) is 5.26. The van der Waals surface area contributed by atoms with E-state index >= 15 is 0 Å². The maximum absolute atomic E-state index is 14.5. The summed E-state index contributed by atoms with van der Waals surface area (Å²) in [4.78, 5) is 0. The van der Waals surface area contributed by atoms with Crippen LogP contribution in [0, 0.1) is 23.3 Å². The van der Waals surface area contributed by atoms with Gasteiger partial charge in [0.1, 0.15) is 23.3 Å². The Morgan fingerprint density at radius 3 is 2.24 bits per heavy atom. The zero-order valence-corrected chi connectivity index (χ0v) is 14.1. The first kappa shape index (κ1) is 17.7. The Balaban J connectivity index is 1.95. The fourth-order valence-electron chi connectivity index (χ4n) is 3.39. The van der Waals surface area contributed by atoms with Crippen molar-refractivity contribution in [3.63, 3.8) is 0 Å². The van der Waals surface area contributed by atoms with Gasteiger partial charge >= 0.3 is 0 Å². The van der Waals surface area contributed by atoms with Crippen LogP contribution in [-0.2, 0) is 12.8 Å². The van der Waals surface area contributed by atoms with Gasteiger partial charge in [-0.1, -0.05) is 25.8 Å². The molecule has 3 rings (SSSR count). The minimum atomic E-state index is -0.694. The normalized spacial score (nSPS) is 13.6. The van der Waals surface area contributed by atoms with Gasteiger partial charge in [0, 0.05) is 11.6 Å². The molecule has 0 fully saturated rings. The van der Waals surface area contributed by atoms with Gasteiger partial charge in [0.15, 0.2) is 0 Å². The molecule has 0 unspecified atom stereocenters. The van der Waals surface area contributed by atoms with Crippen molar-refractivity contribution in [1.29, 1.82) is 0 Å². The number of hydrogen-bond donors (Lipinski definition) is 0. The quantitative estimate of drug-likeness (QED) is 0.429. The van der Waals surface area contributed by atoms with Crippen molar-refractivity contribution in [3.05, 3.63) is 69.8 Å². The van der Waals surface area contributed by atoms with Gasteiger partial charge in [-0.15, -0.1) is 0 Å². The zero-order valence-electron chi connectivity index (χ0n) is 14.1. The van der Waals surface area contributed by atoms with Crippen molar-refractivity contribution >= 4 is 11.6 Å². The molecule has 1 aliphatic rings. The molecule has 25 heavy (non-hydrogen) atoms. The molecule has 132 valence electrons. The van der Waals surface area contributed by atoms with Crippen LogP contribution >= 0.6 is 0 Å². The van der Waals surface area contributed by atoms with Gasteiger partial charge in [0.25, 0.3) is 0 Å². The second-order valence-corrected chi connectivity index (χ2v) is 6.52. The van der Waals surface area contributed by atoms with E-state index in [1.165, 1.54) is 24.3 Å². The number of rotatable bonds is 5. The Morgan fingerprint density at radius 1 is 0.840 bits per heavy atom. The van der Waals surface area contributed by atoms with Gasteiger partial charge in [-0.2, -0.15) is 0 Å². The maximum Gasteiger partial charge on any atom is 0.133 e. The fourth-order valence-corrected chi connectivity index (χ4v) is 3.39. The second kappa shape index (κ2) is 7.42. The lowest BCUT2D eigenvalue weighted by atomic mass is 9.87. The van der Waals surface area contributed by atoms with Crippen LogP contribution in [0.2, 0.25) is 0 Å². The minimum absolute atomic E-state index is 0.0884. The highest BCUT2D eigenvalue weighted by Crippen LogP contribution is 2.35. The molecule has 0 atom stereocenters. The van der Waals surface area contributed by atoms with Crippen molar-refractivity contribution in [2.24, 2.45) is 0 Å². The highest BCUT2D eigenvalue weighted by molar-refractivity contribution is 5.85. The maximum atomic E-state index is 14.5. The smallest absolute Gasteiger partial charge is 0.133 e. The Morgan fingerprint density at radius 2 is 1.56 bits per heavy atom. The topological polar surface area (TPSA) is 0 Å². The summed E-state index contributed by atoms with van der Waals surface area (Å²) in [6.07, 6.45) is 5.70. The Labute approximate surface area is 145 Å². The Bertz CT molecular complexity index is 798. The number of benzene rings is 2. The van der Waals surface area contributed by atoms with Crippen LogP contribution in [0.25, 0.3) is 11.6 Å². The first-order valence-corrected chi connectivity index (χ1v) is 8.66. The van der Waals surface area contributed by atoms with Gasteiger partial charge in [0.05, 0.1) is 0 Å². The molecule has 0 aliphatic heterocycles. The van der Waals surface area contributed by atoms with E-state index in [1.54, 1.807) is 0 Å². The molecule has 0 N–H and O–H groups in total. The van der Waals surface area contributed by atoms with Gasteiger partial charge in [-0.25, -0.2) is 17.6 Å². The molecule has 0 bridgehead atoms. The summed E-state index contributed by atoms with van der Waals surface area (Å²) in [6.45, 7) is 2.07. The van der Waals surface area contributed by atoms with Crippen LogP contribution in [0.15, 0.2) is 24.3 Å². The number of unbranched alkanes of at least 4 members (excludes halogenated alkanes) is 2. The molecule has 0 saturated carbocycles. The van der Waals surface area contributed by atoms with Crippen LogP contribution < -0.4 is 0 Å². The van der Waals surface area contributed by atoms with Gasteiger partial charge in [0.2, 0.25) is 0 Å². The van der Waals surface area contributed by atoms with Crippen LogP contribution in [0.1, 0.15) is 54.9 Å². The van der Waals surface area contributed by atoms with Gasteiger partial charge < -0.3 is 0 Å². The van der Waals surface area contributed by atoms with Gasteiger partial charge in [-0.3, -0.25) is 0 Å². The lowest BCUT2D eigenvalue weighted by Crippen LogP contribution is -2.06. The van der Waals surface area contributed by atoms with Gasteiger partial charge in [-0.05, 0) is 66.1 Å². The van der Waals surface area contributed by atoms with Crippen molar-refractivity contribution < 1.29 is 17.6 Å².